The maximum Gasteiger partial charge on any atom is 0.308 e. The van der Waals surface area contributed by atoms with Crippen molar-refractivity contribution in [2.24, 2.45) is 5.92 Å². The number of carboxylic acids is 1. The van der Waals surface area contributed by atoms with Gasteiger partial charge in [0.2, 0.25) is 10.0 Å². The first-order chi connectivity index (χ1) is 9.88. The highest BCUT2D eigenvalue weighted by atomic mass is 32.2. The van der Waals surface area contributed by atoms with E-state index in [1.165, 1.54) is 25.3 Å². The number of aliphatic carboxylic acids is 1. The first kappa shape index (κ1) is 16.5. The minimum Gasteiger partial charge on any atom is -0.481 e. The molecule has 0 aromatic carbocycles. The second kappa shape index (κ2) is 6.89. The maximum absolute atomic E-state index is 12.3. The maximum atomic E-state index is 12.3. The number of rotatable bonds is 6. The van der Waals surface area contributed by atoms with Gasteiger partial charge < -0.3 is 5.11 Å². The van der Waals surface area contributed by atoms with Crippen molar-refractivity contribution in [3.8, 4) is 0 Å². The predicted molar refractivity (Wildman–Crippen MR) is 82.0 cm³/mol. The molecule has 0 bridgehead atoms. The van der Waals surface area contributed by atoms with Crippen molar-refractivity contribution in [3.05, 3.63) is 17.0 Å². The van der Waals surface area contributed by atoms with Gasteiger partial charge in [0.05, 0.1) is 6.42 Å². The SMILES string of the molecule is C[C@@H](NS(=O)(=O)c1ccc(CC(=O)O)s1)C1CCCCC1. The van der Waals surface area contributed by atoms with Crippen LogP contribution in [0.3, 0.4) is 0 Å². The summed E-state index contributed by atoms with van der Waals surface area (Å²) in [5.41, 5.74) is 0. The fraction of sp³-hybridized carbons (Fsp3) is 0.643. The second-order valence-electron chi connectivity index (χ2n) is 5.60. The van der Waals surface area contributed by atoms with Gasteiger partial charge in [-0.1, -0.05) is 19.3 Å². The van der Waals surface area contributed by atoms with Gasteiger partial charge in [-0.25, -0.2) is 13.1 Å². The Kier molecular flexibility index (Phi) is 5.40. The highest BCUT2D eigenvalue weighted by molar-refractivity contribution is 7.91. The Morgan fingerprint density at radius 2 is 2.05 bits per heavy atom. The average Bonchev–Trinajstić information content (AvgIpc) is 2.88. The molecule has 0 saturated heterocycles. The van der Waals surface area contributed by atoms with Gasteiger partial charge in [0.25, 0.3) is 0 Å². The molecule has 1 aliphatic carbocycles. The van der Waals surface area contributed by atoms with Crippen molar-refractivity contribution in [2.45, 2.75) is 55.7 Å². The fourth-order valence-electron chi connectivity index (χ4n) is 2.78. The number of carbonyl (C=O) groups is 1. The fourth-order valence-corrected chi connectivity index (χ4v) is 5.46. The Bertz CT molecular complexity index is 588. The van der Waals surface area contributed by atoms with Crippen molar-refractivity contribution in [1.29, 1.82) is 0 Å². The Balaban J connectivity index is 2.03. The number of carboxylic acid groups (broad SMARTS) is 1. The molecule has 1 atom stereocenters. The van der Waals surface area contributed by atoms with E-state index in [1.807, 2.05) is 6.92 Å². The zero-order valence-corrected chi connectivity index (χ0v) is 13.7. The van der Waals surface area contributed by atoms with E-state index in [-0.39, 0.29) is 16.7 Å². The molecule has 1 aliphatic rings. The standard InChI is InChI=1S/C14H21NO4S2/c1-10(11-5-3-2-4-6-11)15-21(18,19)14-8-7-12(20-14)9-13(16)17/h7-8,10-11,15H,2-6,9H2,1H3,(H,16,17)/t10-/m1/s1. The Morgan fingerprint density at radius 3 is 2.67 bits per heavy atom. The molecule has 2 rings (SSSR count). The summed E-state index contributed by atoms with van der Waals surface area (Å²) < 4.78 is 27.6. The van der Waals surface area contributed by atoms with Crippen LogP contribution in [0.2, 0.25) is 0 Å². The summed E-state index contributed by atoms with van der Waals surface area (Å²) in [7, 11) is -3.55. The molecule has 7 heteroatoms. The zero-order chi connectivity index (χ0) is 15.5. The molecule has 0 spiro atoms. The molecule has 0 amide bonds. The van der Waals surface area contributed by atoms with Crippen molar-refractivity contribution in [1.82, 2.24) is 4.72 Å². The van der Waals surface area contributed by atoms with Crippen molar-refractivity contribution >= 4 is 27.3 Å². The lowest BCUT2D eigenvalue weighted by atomic mass is 9.85. The summed E-state index contributed by atoms with van der Waals surface area (Å²) in [6, 6.07) is 2.97. The van der Waals surface area contributed by atoms with Crippen LogP contribution in [-0.4, -0.2) is 25.5 Å². The van der Waals surface area contributed by atoms with Crippen molar-refractivity contribution < 1.29 is 18.3 Å². The van der Waals surface area contributed by atoms with E-state index in [4.69, 9.17) is 5.11 Å². The third kappa shape index (κ3) is 4.52. The molecule has 1 fully saturated rings. The molecule has 1 saturated carbocycles. The molecule has 1 aromatic heterocycles. The molecule has 21 heavy (non-hydrogen) atoms. The number of hydrogen-bond acceptors (Lipinski definition) is 4. The highest BCUT2D eigenvalue weighted by Crippen LogP contribution is 2.28. The van der Waals surface area contributed by atoms with Crippen LogP contribution in [0, 0.1) is 5.92 Å². The van der Waals surface area contributed by atoms with Gasteiger partial charge in [-0.2, -0.15) is 0 Å². The van der Waals surface area contributed by atoms with Crippen LogP contribution in [0.1, 0.15) is 43.9 Å². The van der Waals surface area contributed by atoms with Crippen LogP contribution in [0.4, 0.5) is 0 Å². The molecule has 1 heterocycles. The molecular formula is C14H21NO4S2. The molecule has 5 nitrogen and oxygen atoms in total. The first-order valence-electron chi connectivity index (χ1n) is 7.21. The van der Waals surface area contributed by atoms with Crippen LogP contribution in [-0.2, 0) is 21.2 Å². The van der Waals surface area contributed by atoms with E-state index >= 15 is 0 Å². The third-order valence-electron chi connectivity index (χ3n) is 3.93. The highest BCUT2D eigenvalue weighted by Gasteiger charge is 2.26. The van der Waals surface area contributed by atoms with E-state index in [1.54, 1.807) is 6.07 Å². The van der Waals surface area contributed by atoms with E-state index < -0.39 is 16.0 Å². The molecule has 118 valence electrons. The van der Waals surface area contributed by atoms with E-state index in [0.717, 1.165) is 24.2 Å². The third-order valence-corrected chi connectivity index (χ3v) is 7.06. The lowest BCUT2D eigenvalue weighted by molar-refractivity contribution is -0.136. The summed E-state index contributed by atoms with van der Waals surface area (Å²) in [5, 5.41) is 8.74. The molecule has 2 N–H and O–H groups in total. The lowest BCUT2D eigenvalue weighted by Gasteiger charge is -2.27. The average molecular weight is 331 g/mol. The monoisotopic (exact) mass is 331 g/mol. The van der Waals surface area contributed by atoms with Crippen LogP contribution < -0.4 is 4.72 Å². The van der Waals surface area contributed by atoms with Gasteiger partial charge in [-0.15, -0.1) is 11.3 Å². The summed E-state index contributed by atoms with van der Waals surface area (Å²) in [4.78, 5) is 11.2. The summed E-state index contributed by atoms with van der Waals surface area (Å²) >= 11 is 1.03. The molecule has 0 unspecified atom stereocenters. The van der Waals surface area contributed by atoms with Gasteiger partial charge >= 0.3 is 5.97 Å². The summed E-state index contributed by atoms with van der Waals surface area (Å²) in [6.07, 6.45) is 5.56. The summed E-state index contributed by atoms with van der Waals surface area (Å²) in [6.45, 7) is 1.92. The van der Waals surface area contributed by atoms with Crippen molar-refractivity contribution in [3.63, 3.8) is 0 Å². The minimum atomic E-state index is -3.55. The zero-order valence-electron chi connectivity index (χ0n) is 12.0. The normalized spacial score (nSPS) is 18.5. The largest absolute Gasteiger partial charge is 0.481 e. The number of hydrogen-bond donors (Lipinski definition) is 2. The number of sulfonamides is 1. The topological polar surface area (TPSA) is 83.5 Å². The summed E-state index contributed by atoms with van der Waals surface area (Å²) in [5.74, 6) is -0.559. The van der Waals surface area contributed by atoms with E-state index in [0.29, 0.717) is 10.8 Å². The van der Waals surface area contributed by atoms with Crippen LogP contribution in [0.15, 0.2) is 16.3 Å². The van der Waals surface area contributed by atoms with Gasteiger partial charge in [0.15, 0.2) is 0 Å². The molecular weight excluding hydrogens is 310 g/mol. The molecule has 1 aromatic rings. The Morgan fingerprint density at radius 1 is 1.38 bits per heavy atom. The van der Waals surface area contributed by atoms with Crippen molar-refractivity contribution in [2.75, 3.05) is 0 Å². The van der Waals surface area contributed by atoms with Gasteiger partial charge in [0, 0.05) is 10.9 Å². The van der Waals surface area contributed by atoms with E-state index in [9.17, 15) is 13.2 Å². The molecule has 0 radical (unpaired) electrons. The smallest absolute Gasteiger partial charge is 0.308 e. The van der Waals surface area contributed by atoms with Crippen LogP contribution in [0.25, 0.3) is 0 Å². The van der Waals surface area contributed by atoms with Crippen LogP contribution in [0.5, 0.6) is 0 Å². The minimum absolute atomic E-state index is 0.0830. The second-order valence-corrected chi connectivity index (χ2v) is 8.71. The quantitative estimate of drug-likeness (QED) is 0.839. The number of thiophene rings is 1. The van der Waals surface area contributed by atoms with Gasteiger partial charge in [-0.05, 0) is 37.8 Å². The molecule has 0 aliphatic heterocycles. The van der Waals surface area contributed by atoms with Crippen LogP contribution >= 0.6 is 11.3 Å². The lowest BCUT2D eigenvalue weighted by Crippen LogP contribution is -2.38. The number of nitrogens with one attached hydrogen (secondary N) is 1. The Labute approximate surface area is 129 Å². The van der Waals surface area contributed by atoms with E-state index in [2.05, 4.69) is 4.72 Å². The van der Waals surface area contributed by atoms with Gasteiger partial charge in [-0.3, -0.25) is 4.79 Å². The van der Waals surface area contributed by atoms with Gasteiger partial charge in [0.1, 0.15) is 4.21 Å². The predicted octanol–water partition coefficient (Wildman–Crippen LogP) is 2.62. The Hall–Kier alpha value is -0.920. The first-order valence-corrected chi connectivity index (χ1v) is 9.51.